The predicted molar refractivity (Wildman–Crippen MR) is 109 cm³/mol. The molecule has 0 fully saturated rings. The number of hydrogen-bond donors (Lipinski definition) is 2. The van der Waals surface area contributed by atoms with Crippen LogP contribution in [0.25, 0.3) is 0 Å². The molecule has 2 N–H and O–H groups in total. The van der Waals surface area contributed by atoms with Gasteiger partial charge >= 0.3 is 0 Å². The SMILES string of the molecule is CCOc1ccc(Oc2cc(CNC(=O)C(NC)c3cnn(C)c3)ccn2)cc1. The Balaban J connectivity index is 1.59. The summed E-state index contributed by atoms with van der Waals surface area (Å²) < 4.78 is 12.9. The quantitative estimate of drug-likeness (QED) is 0.579. The Morgan fingerprint density at radius 3 is 2.62 bits per heavy atom. The third kappa shape index (κ3) is 5.55. The fourth-order valence-corrected chi connectivity index (χ4v) is 2.84. The minimum Gasteiger partial charge on any atom is -0.494 e. The van der Waals surface area contributed by atoms with Crippen molar-refractivity contribution in [3.8, 4) is 17.4 Å². The van der Waals surface area contributed by atoms with E-state index in [1.807, 2.05) is 50.5 Å². The van der Waals surface area contributed by atoms with Crippen LogP contribution in [0.15, 0.2) is 55.0 Å². The van der Waals surface area contributed by atoms with Crippen LogP contribution >= 0.6 is 0 Å². The number of carbonyl (C=O) groups is 1. The van der Waals surface area contributed by atoms with Crippen LogP contribution in [0.3, 0.4) is 0 Å². The van der Waals surface area contributed by atoms with E-state index in [4.69, 9.17) is 9.47 Å². The van der Waals surface area contributed by atoms with Crippen LogP contribution < -0.4 is 20.1 Å². The average molecular weight is 395 g/mol. The molecule has 1 atom stereocenters. The van der Waals surface area contributed by atoms with Gasteiger partial charge in [0.15, 0.2) is 0 Å². The van der Waals surface area contributed by atoms with Crippen LogP contribution in [0.5, 0.6) is 17.4 Å². The minimum absolute atomic E-state index is 0.133. The van der Waals surface area contributed by atoms with Crippen LogP contribution in [0, 0.1) is 0 Å². The first kappa shape index (κ1) is 20.3. The Hall–Kier alpha value is -3.39. The van der Waals surface area contributed by atoms with Crippen molar-refractivity contribution < 1.29 is 14.3 Å². The van der Waals surface area contributed by atoms with Gasteiger partial charge in [0.25, 0.3) is 0 Å². The van der Waals surface area contributed by atoms with Crippen LogP contribution in [0.1, 0.15) is 24.1 Å². The van der Waals surface area contributed by atoms with Gasteiger partial charge < -0.3 is 20.1 Å². The lowest BCUT2D eigenvalue weighted by Gasteiger charge is -2.15. The summed E-state index contributed by atoms with van der Waals surface area (Å²) in [4.78, 5) is 16.8. The van der Waals surface area contributed by atoms with Crippen LogP contribution in [-0.4, -0.2) is 34.3 Å². The van der Waals surface area contributed by atoms with Gasteiger partial charge in [0.2, 0.25) is 11.8 Å². The van der Waals surface area contributed by atoms with E-state index >= 15 is 0 Å². The van der Waals surface area contributed by atoms with E-state index in [-0.39, 0.29) is 5.91 Å². The van der Waals surface area contributed by atoms with Gasteiger partial charge in [-0.25, -0.2) is 4.98 Å². The molecule has 2 heterocycles. The Kier molecular flexibility index (Phi) is 6.80. The van der Waals surface area contributed by atoms with Gasteiger partial charge in [-0.2, -0.15) is 5.10 Å². The van der Waals surface area contributed by atoms with Crippen molar-refractivity contribution in [2.24, 2.45) is 7.05 Å². The highest BCUT2D eigenvalue weighted by Crippen LogP contribution is 2.23. The Bertz CT molecular complexity index is 939. The number of carbonyl (C=O) groups excluding carboxylic acids is 1. The first-order valence-corrected chi connectivity index (χ1v) is 9.38. The van der Waals surface area contributed by atoms with Crippen molar-refractivity contribution in [1.82, 2.24) is 25.4 Å². The van der Waals surface area contributed by atoms with E-state index in [0.29, 0.717) is 24.8 Å². The summed E-state index contributed by atoms with van der Waals surface area (Å²) in [5, 5.41) is 10.1. The maximum absolute atomic E-state index is 12.5. The fourth-order valence-electron chi connectivity index (χ4n) is 2.84. The van der Waals surface area contributed by atoms with Crippen LogP contribution in [0.4, 0.5) is 0 Å². The molecule has 29 heavy (non-hydrogen) atoms. The summed E-state index contributed by atoms with van der Waals surface area (Å²) in [5.41, 5.74) is 1.69. The lowest BCUT2D eigenvalue weighted by molar-refractivity contribution is -0.123. The second kappa shape index (κ2) is 9.70. The fraction of sp³-hybridized carbons (Fsp3) is 0.286. The Morgan fingerprint density at radius 1 is 1.21 bits per heavy atom. The van der Waals surface area contributed by atoms with Crippen LogP contribution in [0.2, 0.25) is 0 Å². The molecule has 0 spiro atoms. The standard InChI is InChI=1S/C21H25N5O3/c1-4-28-17-5-7-18(8-6-17)29-19-11-15(9-10-23-19)12-24-21(27)20(22-2)16-13-25-26(3)14-16/h5-11,13-14,20,22H,4,12H2,1-3H3,(H,24,27). The average Bonchev–Trinajstić information content (AvgIpc) is 3.15. The molecule has 2 aromatic heterocycles. The summed E-state index contributed by atoms with van der Waals surface area (Å²) in [7, 11) is 3.56. The van der Waals surface area contributed by atoms with E-state index in [2.05, 4.69) is 20.7 Å². The predicted octanol–water partition coefficient (Wildman–Crippen LogP) is 2.58. The zero-order valence-electron chi connectivity index (χ0n) is 16.8. The molecule has 0 radical (unpaired) electrons. The molecule has 8 heteroatoms. The highest BCUT2D eigenvalue weighted by Gasteiger charge is 2.19. The first-order chi connectivity index (χ1) is 14.1. The third-order valence-electron chi connectivity index (χ3n) is 4.23. The number of nitrogens with one attached hydrogen (secondary N) is 2. The molecule has 3 rings (SSSR count). The summed E-state index contributed by atoms with van der Waals surface area (Å²) in [6.45, 7) is 2.91. The van der Waals surface area contributed by atoms with Crippen molar-refractivity contribution in [3.63, 3.8) is 0 Å². The molecule has 3 aromatic rings. The molecular weight excluding hydrogens is 370 g/mol. The van der Waals surface area contributed by atoms with E-state index in [9.17, 15) is 4.79 Å². The number of amides is 1. The molecule has 0 bridgehead atoms. The van der Waals surface area contributed by atoms with Crippen molar-refractivity contribution in [2.75, 3.05) is 13.7 Å². The number of ether oxygens (including phenoxy) is 2. The van der Waals surface area contributed by atoms with Crippen molar-refractivity contribution in [2.45, 2.75) is 19.5 Å². The van der Waals surface area contributed by atoms with Crippen molar-refractivity contribution >= 4 is 5.91 Å². The van der Waals surface area contributed by atoms with Crippen molar-refractivity contribution in [1.29, 1.82) is 0 Å². The van der Waals surface area contributed by atoms with E-state index in [1.165, 1.54) is 0 Å². The number of benzene rings is 1. The second-order valence-corrected chi connectivity index (χ2v) is 6.40. The number of aryl methyl sites for hydroxylation is 1. The molecule has 0 aliphatic carbocycles. The highest BCUT2D eigenvalue weighted by molar-refractivity contribution is 5.83. The summed E-state index contributed by atoms with van der Waals surface area (Å²) in [6, 6.07) is 10.5. The Morgan fingerprint density at radius 2 is 1.97 bits per heavy atom. The molecule has 0 saturated heterocycles. The van der Waals surface area contributed by atoms with Crippen molar-refractivity contribution in [3.05, 3.63) is 66.1 Å². The smallest absolute Gasteiger partial charge is 0.242 e. The van der Waals surface area contributed by atoms with Crippen LogP contribution in [-0.2, 0) is 18.4 Å². The first-order valence-electron chi connectivity index (χ1n) is 9.38. The number of aromatic nitrogens is 3. The minimum atomic E-state index is -0.467. The summed E-state index contributed by atoms with van der Waals surface area (Å²) >= 11 is 0. The number of nitrogens with zero attached hydrogens (tertiary/aromatic N) is 3. The van der Waals surface area contributed by atoms with Gasteiger partial charge in [-0.3, -0.25) is 9.48 Å². The monoisotopic (exact) mass is 395 g/mol. The van der Waals surface area contributed by atoms with Gasteiger partial charge in [0.1, 0.15) is 17.5 Å². The maximum Gasteiger partial charge on any atom is 0.242 e. The third-order valence-corrected chi connectivity index (χ3v) is 4.23. The van der Waals surface area contributed by atoms with Gasteiger partial charge in [0, 0.05) is 37.6 Å². The van der Waals surface area contributed by atoms with E-state index in [0.717, 1.165) is 16.9 Å². The molecule has 8 nitrogen and oxygen atoms in total. The van der Waals surface area contributed by atoms with E-state index in [1.54, 1.807) is 30.2 Å². The largest absolute Gasteiger partial charge is 0.494 e. The normalized spacial score (nSPS) is 11.7. The van der Waals surface area contributed by atoms with E-state index < -0.39 is 6.04 Å². The molecule has 0 aliphatic heterocycles. The molecule has 0 aliphatic rings. The molecule has 0 saturated carbocycles. The molecule has 1 amide bonds. The van der Waals surface area contributed by atoms with Gasteiger partial charge in [-0.05, 0) is 49.9 Å². The molecule has 152 valence electrons. The molecule has 1 unspecified atom stereocenters. The summed E-state index contributed by atoms with van der Waals surface area (Å²) in [6.07, 6.45) is 5.15. The van der Waals surface area contributed by atoms with Gasteiger partial charge in [-0.15, -0.1) is 0 Å². The number of hydrogen-bond acceptors (Lipinski definition) is 6. The zero-order chi connectivity index (χ0) is 20.6. The number of rotatable bonds is 9. The number of likely N-dealkylation sites (N-methyl/N-ethyl adjacent to an activating group) is 1. The number of pyridine rings is 1. The summed E-state index contributed by atoms with van der Waals surface area (Å²) in [5.74, 6) is 1.77. The lowest BCUT2D eigenvalue weighted by Crippen LogP contribution is -2.35. The topological polar surface area (TPSA) is 90.3 Å². The van der Waals surface area contributed by atoms with Gasteiger partial charge in [-0.1, -0.05) is 0 Å². The molecular formula is C21H25N5O3. The lowest BCUT2D eigenvalue weighted by atomic mass is 10.1. The second-order valence-electron chi connectivity index (χ2n) is 6.40. The van der Waals surface area contributed by atoms with Gasteiger partial charge in [0.05, 0.1) is 12.8 Å². The maximum atomic E-state index is 12.5. The highest BCUT2D eigenvalue weighted by atomic mass is 16.5. The molecule has 1 aromatic carbocycles. The zero-order valence-corrected chi connectivity index (χ0v) is 16.8. The Labute approximate surface area is 169 Å².